The minimum Gasteiger partial charge on any atom is -0.320 e. The number of alkyl halides is 3. The highest BCUT2D eigenvalue weighted by Crippen LogP contribution is 2.40. The van der Waals surface area contributed by atoms with Gasteiger partial charge in [-0.05, 0) is 24.3 Å². The average Bonchev–Trinajstić information content (AvgIpc) is 3.03. The molecule has 0 spiro atoms. The van der Waals surface area contributed by atoms with E-state index in [2.05, 4.69) is 10.3 Å². The lowest BCUT2D eigenvalue weighted by atomic mass is 10.2. The number of nitrogens with zero attached hydrogens (tertiary/aromatic N) is 1. The Morgan fingerprint density at radius 2 is 1.74 bits per heavy atom. The molecule has 0 fully saturated rings. The van der Waals surface area contributed by atoms with Crippen LogP contribution in [0.25, 0.3) is 10.6 Å². The van der Waals surface area contributed by atoms with Crippen LogP contribution in [0, 0.1) is 0 Å². The zero-order valence-electron chi connectivity index (χ0n) is 13.1. The van der Waals surface area contributed by atoms with E-state index < -0.39 is 22.7 Å². The van der Waals surface area contributed by atoms with Gasteiger partial charge < -0.3 is 5.32 Å². The van der Waals surface area contributed by atoms with Gasteiger partial charge in [0.25, 0.3) is 5.91 Å². The summed E-state index contributed by atoms with van der Waals surface area (Å²) in [7, 11) is 0. The number of halogens is 6. The Labute approximate surface area is 170 Å². The van der Waals surface area contributed by atoms with Crippen molar-refractivity contribution in [2.75, 3.05) is 5.32 Å². The number of hydrogen-bond donors (Lipinski definition) is 1. The first-order valence-electron chi connectivity index (χ1n) is 7.26. The number of carbonyl (C=O) groups excluding carboxylic acids is 1. The Morgan fingerprint density at radius 1 is 1.04 bits per heavy atom. The third-order valence-corrected chi connectivity index (χ3v) is 5.35. The second-order valence-electron chi connectivity index (χ2n) is 5.25. The van der Waals surface area contributed by atoms with Crippen LogP contribution in [0.2, 0.25) is 15.1 Å². The minimum atomic E-state index is -4.81. The number of aromatic nitrogens is 1. The van der Waals surface area contributed by atoms with Gasteiger partial charge in [0, 0.05) is 10.6 Å². The van der Waals surface area contributed by atoms with Gasteiger partial charge in [-0.1, -0.05) is 53.0 Å². The number of thiazole rings is 1. The van der Waals surface area contributed by atoms with Crippen LogP contribution >= 0.6 is 46.1 Å². The summed E-state index contributed by atoms with van der Waals surface area (Å²) in [6, 6.07) is 10.5. The topological polar surface area (TPSA) is 42.0 Å². The summed E-state index contributed by atoms with van der Waals surface area (Å²) in [5.74, 6) is -0.984. The van der Waals surface area contributed by atoms with E-state index in [0.717, 1.165) is 0 Å². The fraction of sp³-hybridized carbons (Fsp3) is 0.0588. The van der Waals surface area contributed by atoms with Crippen molar-refractivity contribution < 1.29 is 18.0 Å². The van der Waals surface area contributed by atoms with Crippen molar-refractivity contribution in [2.45, 2.75) is 6.18 Å². The smallest absolute Gasteiger partial charge is 0.320 e. The number of amides is 1. The molecule has 0 radical (unpaired) electrons. The van der Waals surface area contributed by atoms with Gasteiger partial charge in [-0.3, -0.25) is 4.79 Å². The third kappa shape index (κ3) is 4.38. The average molecular weight is 452 g/mol. The van der Waals surface area contributed by atoms with Crippen molar-refractivity contribution in [2.24, 2.45) is 0 Å². The summed E-state index contributed by atoms with van der Waals surface area (Å²) in [4.78, 5) is 15.5. The van der Waals surface area contributed by atoms with Crippen LogP contribution < -0.4 is 5.32 Å². The van der Waals surface area contributed by atoms with Gasteiger partial charge in [0.15, 0.2) is 5.69 Å². The van der Waals surface area contributed by atoms with Crippen LogP contribution in [0.4, 0.5) is 18.9 Å². The quantitative estimate of drug-likeness (QED) is 0.464. The van der Waals surface area contributed by atoms with E-state index in [4.69, 9.17) is 34.8 Å². The van der Waals surface area contributed by atoms with Gasteiger partial charge >= 0.3 is 6.18 Å². The number of rotatable bonds is 3. The molecule has 0 aliphatic rings. The van der Waals surface area contributed by atoms with E-state index >= 15 is 0 Å². The Hall–Kier alpha value is -1.80. The van der Waals surface area contributed by atoms with Crippen LogP contribution in [0.5, 0.6) is 0 Å². The number of anilines is 1. The maximum atomic E-state index is 13.4. The Bertz CT molecular complexity index is 1020. The third-order valence-electron chi connectivity index (χ3n) is 3.39. The molecule has 0 saturated heterocycles. The SMILES string of the molecule is O=C(Nc1ccc(Cl)cc1Cl)c1sc(-c2ccccc2Cl)nc1C(F)(F)F. The van der Waals surface area contributed by atoms with Crippen molar-refractivity contribution in [1.29, 1.82) is 0 Å². The first-order chi connectivity index (χ1) is 12.7. The fourth-order valence-corrected chi connectivity index (χ4v) is 3.94. The van der Waals surface area contributed by atoms with Crippen molar-refractivity contribution >= 4 is 57.7 Å². The van der Waals surface area contributed by atoms with Crippen LogP contribution in [-0.4, -0.2) is 10.9 Å². The van der Waals surface area contributed by atoms with Crippen LogP contribution in [-0.2, 0) is 6.18 Å². The molecule has 0 aliphatic carbocycles. The highest BCUT2D eigenvalue weighted by molar-refractivity contribution is 7.17. The number of nitrogens with one attached hydrogen (secondary N) is 1. The molecule has 140 valence electrons. The fourth-order valence-electron chi connectivity index (χ4n) is 2.19. The zero-order chi connectivity index (χ0) is 19.8. The standard InChI is InChI=1S/C17H8Cl3F3N2OS/c18-8-5-6-12(11(20)7-8)24-15(26)13-14(17(21,22)23)25-16(27-13)9-3-1-2-4-10(9)19/h1-7H,(H,24,26). The van der Waals surface area contributed by atoms with Gasteiger partial charge in [0.2, 0.25) is 0 Å². The lowest BCUT2D eigenvalue weighted by molar-refractivity contribution is -0.140. The summed E-state index contributed by atoms with van der Waals surface area (Å²) >= 11 is 18.4. The lowest BCUT2D eigenvalue weighted by Crippen LogP contribution is -2.17. The van der Waals surface area contributed by atoms with Crippen molar-refractivity contribution in [1.82, 2.24) is 4.98 Å². The first kappa shape index (κ1) is 19.9. The molecule has 1 N–H and O–H groups in total. The van der Waals surface area contributed by atoms with Gasteiger partial charge in [-0.2, -0.15) is 13.2 Å². The molecule has 2 aromatic carbocycles. The largest absolute Gasteiger partial charge is 0.435 e. The van der Waals surface area contributed by atoms with Gasteiger partial charge in [0.05, 0.1) is 15.7 Å². The molecule has 10 heteroatoms. The molecular weight excluding hydrogens is 444 g/mol. The molecule has 1 amide bonds. The summed E-state index contributed by atoms with van der Waals surface area (Å²) < 4.78 is 40.2. The van der Waals surface area contributed by atoms with Crippen molar-refractivity contribution in [3.05, 3.63) is 68.1 Å². The summed E-state index contributed by atoms with van der Waals surface area (Å²) in [6.07, 6.45) is -4.81. The highest BCUT2D eigenvalue weighted by Gasteiger charge is 2.40. The molecule has 1 heterocycles. The van der Waals surface area contributed by atoms with E-state index in [1.54, 1.807) is 12.1 Å². The molecule has 3 nitrogen and oxygen atoms in total. The first-order valence-corrected chi connectivity index (χ1v) is 9.21. The number of benzene rings is 2. The summed E-state index contributed by atoms with van der Waals surface area (Å²) in [6.45, 7) is 0. The van der Waals surface area contributed by atoms with E-state index in [9.17, 15) is 18.0 Å². The molecule has 0 saturated carbocycles. The molecule has 1 aromatic heterocycles. The van der Waals surface area contributed by atoms with Crippen molar-refractivity contribution in [3.63, 3.8) is 0 Å². The van der Waals surface area contributed by atoms with E-state index in [1.807, 2.05) is 0 Å². The van der Waals surface area contributed by atoms with E-state index in [1.165, 1.54) is 30.3 Å². The molecular formula is C17H8Cl3F3N2OS. The molecule has 3 rings (SSSR count). The number of carbonyl (C=O) groups is 1. The van der Waals surface area contributed by atoms with E-state index in [0.29, 0.717) is 21.9 Å². The highest BCUT2D eigenvalue weighted by atomic mass is 35.5. The van der Waals surface area contributed by atoms with Crippen LogP contribution in [0.1, 0.15) is 15.4 Å². The lowest BCUT2D eigenvalue weighted by Gasteiger charge is -2.08. The predicted octanol–water partition coefficient (Wildman–Crippen LogP) is 7.04. The predicted molar refractivity (Wildman–Crippen MR) is 102 cm³/mol. The summed E-state index contributed by atoms with van der Waals surface area (Å²) in [5.41, 5.74) is -0.852. The molecule has 0 unspecified atom stereocenters. The zero-order valence-corrected chi connectivity index (χ0v) is 16.2. The monoisotopic (exact) mass is 450 g/mol. The van der Waals surface area contributed by atoms with Gasteiger partial charge in [0.1, 0.15) is 9.88 Å². The Kier molecular flexibility index (Phi) is 5.67. The van der Waals surface area contributed by atoms with Gasteiger partial charge in [-0.15, -0.1) is 11.3 Å². The normalized spacial score (nSPS) is 11.5. The minimum absolute atomic E-state index is 0.0136. The molecule has 0 aliphatic heterocycles. The second-order valence-corrected chi connectivity index (χ2v) is 7.50. The molecule has 27 heavy (non-hydrogen) atoms. The van der Waals surface area contributed by atoms with Crippen LogP contribution in [0.15, 0.2) is 42.5 Å². The molecule has 0 bridgehead atoms. The molecule has 0 atom stereocenters. The summed E-state index contributed by atoms with van der Waals surface area (Å²) in [5, 5.41) is 2.99. The maximum absolute atomic E-state index is 13.4. The van der Waals surface area contributed by atoms with Crippen molar-refractivity contribution in [3.8, 4) is 10.6 Å². The molecule has 3 aromatic rings. The van der Waals surface area contributed by atoms with E-state index in [-0.39, 0.29) is 20.7 Å². The Balaban J connectivity index is 2.03. The second kappa shape index (κ2) is 7.67. The number of hydrogen-bond acceptors (Lipinski definition) is 3. The van der Waals surface area contributed by atoms with Crippen LogP contribution in [0.3, 0.4) is 0 Å². The Morgan fingerprint density at radius 3 is 2.37 bits per heavy atom. The maximum Gasteiger partial charge on any atom is 0.435 e. The van der Waals surface area contributed by atoms with Gasteiger partial charge in [-0.25, -0.2) is 4.98 Å².